The van der Waals surface area contributed by atoms with E-state index < -0.39 is 0 Å². The quantitative estimate of drug-likeness (QED) is 0.696. The average molecular weight is 368 g/mol. The van der Waals surface area contributed by atoms with Crippen LogP contribution in [0.2, 0.25) is 0 Å². The van der Waals surface area contributed by atoms with E-state index in [1.54, 1.807) is 31.2 Å². The van der Waals surface area contributed by atoms with Crippen molar-refractivity contribution in [2.45, 2.75) is 13.5 Å². The summed E-state index contributed by atoms with van der Waals surface area (Å²) < 4.78 is 20.8. The molecular weight excluding hydrogens is 351 g/mol. The Hall–Kier alpha value is -2.91. The van der Waals surface area contributed by atoms with Crippen LogP contribution in [0.1, 0.15) is 22.2 Å². The first-order chi connectivity index (χ1) is 12.6. The van der Waals surface area contributed by atoms with Gasteiger partial charge in [-0.2, -0.15) is 5.26 Å². The fraction of sp³-hybridized carbons (Fsp3) is 0.200. The molecule has 3 aromatic rings. The molecule has 1 amide bonds. The predicted octanol–water partition coefficient (Wildman–Crippen LogP) is 4.51. The zero-order chi connectivity index (χ0) is 18.5. The number of benzene rings is 2. The van der Waals surface area contributed by atoms with Crippen molar-refractivity contribution in [3.05, 3.63) is 64.8 Å². The zero-order valence-electron chi connectivity index (χ0n) is 14.2. The third kappa shape index (κ3) is 3.84. The van der Waals surface area contributed by atoms with Gasteiger partial charge < -0.3 is 10.1 Å². The number of rotatable bonds is 6. The van der Waals surface area contributed by atoms with Crippen molar-refractivity contribution < 1.29 is 13.9 Å². The van der Waals surface area contributed by atoms with Crippen LogP contribution in [0.5, 0.6) is 5.75 Å². The van der Waals surface area contributed by atoms with Gasteiger partial charge in [0.2, 0.25) is 0 Å². The van der Waals surface area contributed by atoms with Gasteiger partial charge in [-0.3, -0.25) is 4.79 Å². The molecule has 4 nitrogen and oxygen atoms in total. The molecule has 1 aromatic heterocycles. The molecule has 0 fully saturated rings. The molecule has 1 atom stereocenters. The van der Waals surface area contributed by atoms with Gasteiger partial charge in [0.05, 0.1) is 16.9 Å². The van der Waals surface area contributed by atoms with Crippen molar-refractivity contribution in [2.75, 3.05) is 6.54 Å². The smallest absolute Gasteiger partial charge is 0.261 e. The zero-order valence-corrected chi connectivity index (χ0v) is 15.0. The Morgan fingerprint density at radius 2 is 2.04 bits per heavy atom. The Labute approximate surface area is 154 Å². The number of carbonyl (C=O) groups excluding carboxylic acids is 1. The van der Waals surface area contributed by atoms with E-state index in [-0.39, 0.29) is 30.8 Å². The number of thiophene rings is 1. The highest BCUT2D eigenvalue weighted by molar-refractivity contribution is 7.21. The molecule has 0 bridgehead atoms. The third-order valence-electron chi connectivity index (χ3n) is 3.89. The lowest BCUT2D eigenvalue weighted by Crippen LogP contribution is -2.28. The molecule has 0 saturated carbocycles. The van der Waals surface area contributed by atoms with Gasteiger partial charge in [0.1, 0.15) is 18.2 Å². The topological polar surface area (TPSA) is 62.1 Å². The second-order valence-corrected chi connectivity index (χ2v) is 6.92. The molecule has 0 aliphatic carbocycles. The van der Waals surface area contributed by atoms with Gasteiger partial charge in [-0.1, -0.05) is 24.3 Å². The van der Waals surface area contributed by atoms with E-state index in [0.29, 0.717) is 26.3 Å². The Morgan fingerprint density at radius 1 is 1.27 bits per heavy atom. The minimum absolute atomic E-state index is 0.0848. The molecule has 0 unspecified atom stereocenters. The molecule has 0 spiro atoms. The number of halogens is 1. The van der Waals surface area contributed by atoms with Gasteiger partial charge in [0.25, 0.3) is 5.91 Å². The van der Waals surface area contributed by atoms with Gasteiger partial charge >= 0.3 is 0 Å². The first-order valence-electron chi connectivity index (χ1n) is 8.15. The Kier molecular flexibility index (Phi) is 5.49. The van der Waals surface area contributed by atoms with Crippen LogP contribution in [0.15, 0.2) is 48.5 Å². The number of amides is 1. The molecule has 0 saturated heterocycles. The maximum absolute atomic E-state index is 14.4. The first kappa shape index (κ1) is 17.9. The molecule has 0 radical (unpaired) electrons. The average Bonchev–Trinajstić information content (AvgIpc) is 3.05. The minimum Gasteiger partial charge on any atom is -0.489 e. The van der Waals surface area contributed by atoms with Crippen molar-refractivity contribution in [3.63, 3.8) is 0 Å². The van der Waals surface area contributed by atoms with E-state index in [1.165, 1.54) is 17.4 Å². The van der Waals surface area contributed by atoms with Crippen LogP contribution in [0.3, 0.4) is 0 Å². The van der Waals surface area contributed by atoms with E-state index in [0.717, 1.165) is 0 Å². The Morgan fingerprint density at radius 3 is 2.77 bits per heavy atom. The number of carbonyl (C=O) groups is 1. The second-order valence-electron chi connectivity index (χ2n) is 5.86. The number of nitriles is 1. The summed E-state index contributed by atoms with van der Waals surface area (Å²) in [6.07, 6.45) is 0. The van der Waals surface area contributed by atoms with Crippen LogP contribution in [-0.2, 0) is 6.61 Å². The fourth-order valence-corrected chi connectivity index (χ4v) is 3.67. The molecule has 0 aliphatic rings. The molecule has 26 heavy (non-hydrogen) atoms. The van der Waals surface area contributed by atoms with Gasteiger partial charge in [-0.05, 0) is 31.2 Å². The summed E-state index contributed by atoms with van der Waals surface area (Å²) in [6.45, 7) is 2.05. The van der Waals surface area contributed by atoms with Gasteiger partial charge in [0, 0.05) is 22.2 Å². The van der Waals surface area contributed by atoms with Crippen molar-refractivity contribution in [2.24, 2.45) is 5.92 Å². The van der Waals surface area contributed by atoms with Crippen LogP contribution >= 0.6 is 11.3 Å². The van der Waals surface area contributed by atoms with Crippen molar-refractivity contribution >= 4 is 27.3 Å². The minimum atomic E-state index is -0.380. The number of nitrogens with zero attached hydrogens (tertiary/aromatic N) is 1. The number of nitrogens with one attached hydrogen (secondary N) is 1. The molecule has 3 rings (SSSR count). The summed E-state index contributed by atoms with van der Waals surface area (Å²) in [6, 6.07) is 16.0. The monoisotopic (exact) mass is 368 g/mol. The molecule has 6 heteroatoms. The normalized spacial score (nSPS) is 11.7. The molecule has 2 aromatic carbocycles. The summed E-state index contributed by atoms with van der Waals surface area (Å²) in [4.78, 5) is 13.0. The van der Waals surface area contributed by atoms with Crippen LogP contribution in [0.25, 0.3) is 10.1 Å². The molecule has 0 aliphatic heterocycles. The number of ether oxygens (including phenoxy) is 1. The number of para-hydroxylation sites is 1. The molecule has 132 valence electrons. The van der Waals surface area contributed by atoms with E-state index >= 15 is 0 Å². The van der Waals surface area contributed by atoms with Crippen molar-refractivity contribution in [1.82, 2.24) is 5.32 Å². The number of hydrogen-bond acceptors (Lipinski definition) is 4. The largest absolute Gasteiger partial charge is 0.489 e. The van der Waals surface area contributed by atoms with Crippen molar-refractivity contribution in [3.8, 4) is 11.8 Å². The maximum atomic E-state index is 14.4. The fourth-order valence-electron chi connectivity index (χ4n) is 2.53. The van der Waals surface area contributed by atoms with Gasteiger partial charge in [0.15, 0.2) is 0 Å². The van der Waals surface area contributed by atoms with Crippen LogP contribution in [-0.4, -0.2) is 12.5 Å². The highest BCUT2D eigenvalue weighted by Crippen LogP contribution is 2.34. The van der Waals surface area contributed by atoms with Crippen LogP contribution in [0.4, 0.5) is 4.39 Å². The third-order valence-corrected chi connectivity index (χ3v) is 5.08. The van der Waals surface area contributed by atoms with Crippen LogP contribution in [0, 0.1) is 23.1 Å². The molecular formula is C20H17FN2O2S. The number of fused-ring (bicyclic) bond motifs is 1. The van der Waals surface area contributed by atoms with Crippen molar-refractivity contribution in [1.29, 1.82) is 5.26 Å². The Bertz CT molecular complexity index is 963. The van der Waals surface area contributed by atoms with Gasteiger partial charge in [-0.25, -0.2) is 4.39 Å². The van der Waals surface area contributed by atoms with Crippen LogP contribution < -0.4 is 10.1 Å². The van der Waals surface area contributed by atoms with E-state index in [9.17, 15) is 9.18 Å². The lowest BCUT2D eigenvalue weighted by atomic mass is 10.1. The second kappa shape index (κ2) is 7.98. The SMILES string of the molecule is C[C@H](C#N)CNC(=O)c1sc2cccc(F)c2c1COc1ccccc1. The summed E-state index contributed by atoms with van der Waals surface area (Å²) in [5, 5.41) is 12.0. The maximum Gasteiger partial charge on any atom is 0.261 e. The lowest BCUT2D eigenvalue weighted by molar-refractivity contribution is 0.0952. The Balaban J connectivity index is 1.93. The highest BCUT2D eigenvalue weighted by Gasteiger charge is 2.21. The summed E-state index contributed by atoms with van der Waals surface area (Å²) in [5.41, 5.74) is 0.522. The summed E-state index contributed by atoms with van der Waals surface area (Å²) in [5.74, 6) is -0.351. The summed E-state index contributed by atoms with van der Waals surface area (Å²) in [7, 11) is 0. The highest BCUT2D eigenvalue weighted by atomic mass is 32.1. The van der Waals surface area contributed by atoms with E-state index in [2.05, 4.69) is 11.4 Å². The van der Waals surface area contributed by atoms with E-state index in [1.807, 2.05) is 18.2 Å². The standard InChI is InChI=1S/C20H17FN2O2S/c1-13(10-22)11-23-20(24)19-15(12-25-14-6-3-2-4-7-14)18-16(21)8-5-9-17(18)26-19/h2-9,13H,11-12H2,1H3,(H,23,24)/t13-/m1/s1. The molecule has 1 heterocycles. The predicted molar refractivity (Wildman–Crippen MR) is 99.7 cm³/mol. The first-order valence-corrected chi connectivity index (χ1v) is 8.97. The lowest BCUT2D eigenvalue weighted by Gasteiger charge is -2.09. The number of hydrogen-bond donors (Lipinski definition) is 1. The molecule has 1 N–H and O–H groups in total. The summed E-state index contributed by atoms with van der Waals surface area (Å²) >= 11 is 1.23. The van der Waals surface area contributed by atoms with Gasteiger partial charge in [-0.15, -0.1) is 11.3 Å². The van der Waals surface area contributed by atoms with E-state index in [4.69, 9.17) is 10.00 Å².